The maximum absolute atomic E-state index is 13.0. The molecule has 1 amide bonds. The van der Waals surface area contributed by atoms with Crippen LogP contribution in [-0.4, -0.2) is 43.3 Å². The predicted molar refractivity (Wildman–Crippen MR) is 98.1 cm³/mol. The minimum absolute atomic E-state index is 0.186. The summed E-state index contributed by atoms with van der Waals surface area (Å²) in [6.45, 7) is 0.645. The molecule has 7 nitrogen and oxygen atoms in total. The van der Waals surface area contributed by atoms with Crippen molar-refractivity contribution < 1.29 is 4.79 Å². The Hall–Kier alpha value is -1.86. The molecule has 2 heterocycles. The average molecular weight is 396 g/mol. The molecule has 2 aromatic rings. The first-order valence-corrected chi connectivity index (χ1v) is 9.64. The van der Waals surface area contributed by atoms with E-state index in [1.807, 2.05) is 0 Å². The van der Waals surface area contributed by atoms with E-state index in [0.717, 1.165) is 41.5 Å². The summed E-state index contributed by atoms with van der Waals surface area (Å²) in [5.41, 5.74) is -0.433. The lowest BCUT2D eigenvalue weighted by Gasteiger charge is -2.43. The third-order valence-electron chi connectivity index (χ3n) is 5.40. The largest absolute Gasteiger partial charge is 0.377 e. The van der Waals surface area contributed by atoms with Gasteiger partial charge in [0.25, 0.3) is 0 Å². The molecule has 9 heteroatoms. The van der Waals surface area contributed by atoms with Crippen LogP contribution in [0, 0.1) is 5.92 Å². The quantitative estimate of drug-likeness (QED) is 0.693. The number of nitrogens with zero attached hydrogens (tertiary/aromatic N) is 5. The molecule has 2 aliphatic rings. The highest BCUT2D eigenvalue weighted by Crippen LogP contribution is 2.35. The van der Waals surface area contributed by atoms with Crippen molar-refractivity contribution >= 4 is 29.2 Å². The molecule has 1 saturated heterocycles. The van der Waals surface area contributed by atoms with Crippen LogP contribution in [0.1, 0.15) is 38.5 Å². The van der Waals surface area contributed by atoms with Crippen LogP contribution in [0.4, 0.5) is 4.79 Å². The van der Waals surface area contributed by atoms with Crippen LogP contribution in [-0.2, 0) is 0 Å². The van der Waals surface area contributed by atoms with E-state index < -0.39 is 11.7 Å². The molecule has 2 fully saturated rings. The van der Waals surface area contributed by atoms with Gasteiger partial charge in [0.1, 0.15) is 5.69 Å². The first-order chi connectivity index (χ1) is 12.6. The summed E-state index contributed by atoms with van der Waals surface area (Å²) in [5.74, 6) is 0.519. The molecule has 1 aliphatic heterocycles. The third-order valence-corrected chi connectivity index (χ3v) is 6.01. The van der Waals surface area contributed by atoms with E-state index in [1.165, 1.54) is 6.42 Å². The number of piperidine rings is 1. The van der Waals surface area contributed by atoms with Crippen molar-refractivity contribution in [3.05, 3.63) is 38.7 Å². The van der Waals surface area contributed by atoms with E-state index in [-0.39, 0.29) is 21.8 Å². The number of likely N-dealkylation sites (tertiary alicyclic amines) is 1. The summed E-state index contributed by atoms with van der Waals surface area (Å²) in [4.78, 5) is 27.5. The zero-order chi connectivity index (χ0) is 18.3. The Morgan fingerprint density at radius 3 is 2.50 bits per heavy atom. The lowest BCUT2D eigenvalue weighted by molar-refractivity contribution is 0.0828. The molecule has 1 saturated carbocycles. The van der Waals surface area contributed by atoms with Crippen LogP contribution in [0.3, 0.4) is 0 Å². The second-order valence-electron chi connectivity index (χ2n) is 6.89. The number of tetrazole rings is 1. The molecule has 1 aliphatic carbocycles. The van der Waals surface area contributed by atoms with Crippen molar-refractivity contribution in [2.45, 2.75) is 44.6 Å². The summed E-state index contributed by atoms with van der Waals surface area (Å²) < 4.78 is 1.79. The molecule has 1 aromatic heterocycles. The maximum Gasteiger partial charge on any atom is 0.377 e. The smallest absolute Gasteiger partial charge is 0.319 e. The summed E-state index contributed by atoms with van der Waals surface area (Å²) in [7, 11) is 0. The van der Waals surface area contributed by atoms with Crippen LogP contribution in [0.5, 0.6) is 0 Å². The first-order valence-electron chi connectivity index (χ1n) is 8.88. The van der Waals surface area contributed by atoms with Crippen molar-refractivity contribution in [3.8, 4) is 5.69 Å². The Labute approximate surface area is 160 Å². The molecule has 2 atom stereocenters. The van der Waals surface area contributed by atoms with Gasteiger partial charge in [0, 0.05) is 12.6 Å². The van der Waals surface area contributed by atoms with Crippen LogP contribution >= 0.6 is 23.2 Å². The molecular weight excluding hydrogens is 377 g/mol. The Morgan fingerprint density at radius 2 is 1.73 bits per heavy atom. The molecule has 0 spiro atoms. The van der Waals surface area contributed by atoms with Gasteiger partial charge in [-0.25, -0.2) is 9.59 Å². The minimum Gasteiger partial charge on any atom is -0.319 e. The fourth-order valence-corrected chi connectivity index (χ4v) is 4.74. The van der Waals surface area contributed by atoms with E-state index in [4.69, 9.17) is 23.2 Å². The zero-order valence-corrected chi connectivity index (χ0v) is 15.7. The summed E-state index contributed by atoms with van der Waals surface area (Å²) in [6, 6.07) is 4.65. The molecule has 2 unspecified atom stereocenters. The molecule has 26 heavy (non-hydrogen) atoms. The Balaban J connectivity index is 1.68. The van der Waals surface area contributed by atoms with Gasteiger partial charge in [-0.15, -0.1) is 4.68 Å². The van der Waals surface area contributed by atoms with Gasteiger partial charge in [-0.2, -0.15) is 4.68 Å². The Bertz CT molecular complexity index is 871. The number of aromatic nitrogens is 4. The topological polar surface area (TPSA) is 73.0 Å². The van der Waals surface area contributed by atoms with E-state index in [2.05, 4.69) is 10.4 Å². The highest BCUT2D eigenvalue weighted by Gasteiger charge is 2.37. The van der Waals surface area contributed by atoms with Gasteiger partial charge in [-0.3, -0.25) is 0 Å². The molecule has 138 valence electrons. The van der Waals surface area contributed by atoms with E-state index in [0.29, 0.717) is 12.5 Å². The third kappa shape index (κ3) is 2.93. The minimum atomic E-state index is -0.664. The second kappa shape index (κ2) is 7.04. The monoisotopic (exact) mass is 395 g/mol. The number of carbonyl (C=O) groups is 1. The highest BCUT2D eigenvalue weighted by molar-refractivity contribution is 6.37. The van der Waals surface area contributed by atoms with Crippen molar-refractivity contribution in [1.82, 2.24) is 24.7 Å². The second-order valence-corrected chi connectivity index (χ2v) is 7.70. The number of hydrogen-bond donors (Lipinski definition) is 0. The van der Waals surface area contributed by atoms with Crippen LogP contribution in [0.15, 0.2) is 23.0 Å². The molecule has 0 bridgehead atoms. The molecule has 0 N–H and O–H groups in total. The van der Waals surface area contributed by atoms with Gasteiger partial charge in [0.2, 0.25) is 0 Å². The van der Waals surface area contributed by atoms with E-state index >= 15 is 0 Å². The van der Waals surface area contributed by atoms with Gasteiger partial charge in [0.05, 0.1) is 10.0 Å². The first kappa shape index (κ1) is 17.5. The summed E-state index contributed by atoms with van der Waals surface area (Å²) in [6.07, 6.45) is 6.55. The summed E-state index contributed by atoms with van der Waals surface area (Å²) >= 11 is 12.3. The summed E-state index contributed by atoms with van der Waals surface area (Å²) in [5, 5.41) is 8.16. The number of para-hydroxylation sites is 1. The Kier molecular flexibility index (Phi) is 4.75. The highest BCUT2D eigenvalue weighted by atomic mass is 35.5. The average Bonchev–Trinajstić information content (AvgIpc) is 3.02. The normalized spacial score (nSPS) is 22.9. The van der Waals surface area contributed by atoms with Gasteiger partial charge >= 0.3 is 11.7 Å². The Morgan fingerprint density at radius 1 is 1.04 bits per heavy atom. The van der Waals surface area contributed by atoms with Gasteiger partial charge in [0.15, 0.2) is 0 Å². The zero-order valence-electron chi connectivity index (χ0n) is 14.1. The van der Waals surface area contributed by atoms with Crippen LogP contribution in [0.2, 0.25) is 10.0 Å². The molecular formula is C17H19Cl2N5O2. The number of rotatable bonds is 1. The number of halogens is 2. The van der Waals surface area contributed by atoms with Crippen LogP contribution in [0.25, 0.3) is 5.69 Å². The fourth-order valence-electron chi connectivity index (χ4n) is 4.18. The number of carbonyl (C=O) groups excluding carboxylic acids is 1. The maximum atomic E-state index is 13.0. The number of hydrogen-bond acceptors (Lipinski definition) is 4. The number of amides is 1. The standard InChI is InChI=1S/C17H19Cl2N5O2/c18-12-7-3-8-13(19)15(12)23-17(26)24(21-20-23)16(25)22-10-4-6-11-5-1-2-9-14(11)22/h3,7-8,11,14H,1-2,4-6,9-10H2. The lowest BCUT2D eigenvalue weighted by atomic mass is 9.78. The van der Waals surface area contributed by atoms with Gasteiger partial charge in [-0.1, -0.05) is 42.1 Å². The van der Waals surface area contributed by atoms with Crippen molar-refractivity contribution in [3.63, 3.8) is 0 Å². The molecule has 4 rings (SSSR count). The lowest BCUT2D eigenvalue weighted by Crippen LogP contribution is -2.52. The van der Waals surface area contributed by atoms with Gasteiger partial charge < -0.3 is 4.90 Å². The fraction of sp³-hybridized carbons (Fsp3) is 0.529. The van der Waals surface area contributed by atoms with Crippen molar-refractivity contribution in [2.24, 2.45) is 5.92 Å². The van der Waals surface area contributed by atoms with Gasteiger partial charge in [-0.05, 0) is 54.2 Å². The predicted octanol–water partition coefficient (Wildman–Crippen LogP) is 3.36. The number of fused-ring (bicyclic) bond motifs is 1. The van der Waals surface area contributed by atoms with E-state index in [9.17, 15) is 9.59 Å². The molecule has 0 radical (unpaired) electrons. The van der Waals surface area contributed by atoms with Crippen molar-refractivity contribution in [1.29, 1.82) is 0 Å². The van der Waals surface area contributed by atoms with Crippen LogP contribution < -0.4 is 5.69 Å². The molecule has 1 aromatic carbocycles. The van der Waals surface area contributed by atoms with Crippen molar-refractivity contribution in [2.75, 3.05) is 6.54 Å². The number of benzene rings is 1. The van der Waals surface area contributed by atoms with E-state index in [1.54, 1.807) is 23.1 Å². The SMILES string of the molecule is O=C(N1CCCC2CCCCC21)n1nnn(-c2c(Cl)cccc2Cl)c1=O.